The van der Waals surface area contributed by atoms with Gasteiger partial charge in [0.1, 0.15) is 12.4 Å². The van der Waals surface area contributed by atoms with Crippen LogP contribution in [0.5, 0.6) is 11.6 Å². The Bertz CT molecular complexity index is 1250. The maximum absolute atomic E-state index is 12.9. The van der Waals surface area contributed by atoms with E-state index in [1.807, 2.05) is 20.8 Å². The average molecular weight is 497 g/mol. The summed E-state index contributed by atoms with van der Waals surface area (Å²) >= 11 is 0. The number of hydrogen-bond donors (Lipinski definition) is 2. The number of anilines is 1. The first-order chi connectivity index (χ1) is 16.9. The summed E-state index contributed by atoms with van der Waals surface area (Å²) in [5.74, 6) is 0.946. The predicted molar refractivity (Wildman–Crippen MR) is 133 cm³/mol. The van der Waals surface area contributed by atoms with Gasteiger partial charge in [-0.15, -0.1) is 0 Å². The molecule has 2 aromatic heterocycles. The molecule has 184 valence electrons. The third-order valence-electron chi connectivity index (χ3n) is 5.81. The number of aldehydes is 1. The summed E-state index contributed by atoms with van der Waals surface area (Å²) in [5.41, 5.74) is 0.821. The minimum absolute atomic E-state index is 0.0175. The van der Waals surface area contributed by atoms with E-state index in [1.54, 1.807) is 30.5 Å². The van der Waals surface area contributed by atoms with Gasteiger partial charge in [0, 0.05) is 29.6 Å². The standard InChI is InChI=1S/C25H28N4O5S/c1-4-16-9-24(31)28-22(16)14-33-25-20-10-23(34-15(2)3)17(13-30)8-19(20)21(12-27-25)29-35(32)18-6-5-7-26-11-18/h5-8,10-13,15-16,22,29H,4,9,14H2,1-3H3,(H,28,31). The topological polar surface area (TPSA) is 120 Å². The number of benzene rings is 1. The van der Waals surface area contributed by atoms with Crippen molar-refractivity contribution >= 4 is 39.6 Å². The van der Waals surface area contributed by atoms with E-state index in [4.69, 9.17) is 9.47 Å². The van der Waals surface area contributed by atoms with Crippen LogP contribution in [0.25, 0.3) is 10.8 Å². The molecule has 9 nitrogen and oxygen atoms in total. The highest BCUT2D eigenvalue weighted by Gasteiger charge is 2.31. The number of pyridine rings is 2. The summed E-state index contributed by atoms with van der Waals surface area (Å²) in [6.45, 7) is 6.05. The van der Waals surface area contributed by atoms with Gasteiger partial charge in [-0.05, 0) is 44.0 Å². The second-order valence-corrected chi connectivity index (χ2v) is 9.83. The van der Waals surface area contributed by atoms with Crippen LogP contribution in [0.1, 0.15) is 44.0 Å². The number of nitrogens with zero attached hydrogens (tertiary/aromatic N) is 2. The molecule has 1 saturated heterocycles. The largest absolute Gasteiger partial charge is 0.490 e. The molecule has 35 heavy (non-hydrogen) atoms. The molecule has 0 bridgehead atoms. The highest BCUT2D eigenvalue weighted by atomic mass is 32.2. The van der Waals surface area contributed by atoms with E-state index in [0.29, 0.717) is 45.0 Å². The van der Waals surface area contributed by atoms with Crippen LogP contribution in [0, 0.1) is 5.92 Å². The first-order valence-electron chi connectivity index (χ1n) is 11.5. The Morgan fingerprint density at radius 1 is 1.29 bits per heavy atom. The maximum Gasteiger partial charge on any atom is 0.221 e. The third-order valence-corrected chi connectivity index (χ3v) is 6.88. The van der Waals surface area contributed by atoms with Crippen molar-refractivity contribution < 1.29 is 23.3 Å². The zero-order chi connectivity index (χ0) is 24.9. The van der Waals surface area contributed by atoms with Gasteiger partial charge in [-0.1, -0.05) is 13.3 Å². The van der Waals surface area contributed by atoms with Crippen LogP contribution in [0.15, 0.2) is 47.8 Å². The van der Waals surface area contributed by atoms with Gasteiger partial charge in [0.2, 0.25) is 11.8 Å². The Labute approximate surface area is 206 Å². The monoisotopic (exact) mass is 496 g/mol. The predicted octanol–water partition coefficient (Wildman–Crippen LogP) is 3.66. The molecule has 10 heteroatoms. The van der Waals surface area contributed by atoms with Crippen LogP contribution in [0.4, 0.5) is 5.69 Å². The zero-order valence-corrected chi connectivity index (χ0v) is 20.6. The van der Waals surface area contributed by atoms with E-state index in [1.165, 1.54) is 12.4 Å². The normalized spacial score (nSPS) is 18.3. The number of carbonyl (C=O) groups excluding carboxylic acids is 2. The van der Waals surface area contributed by atoms with Crippen molar-refractivity contribution in [2.45, 2.75) is 50.7 Å². The molecule has 2 N–H and O–H groups in total. The lowest BCUT2D eigenvalue weighted by molar-refractivity contribution is -0.119. The second-order valence-electron chi connectivity index (χ2n) is 8.61. The van der Waals surface area contributed by atoms with Crippen LogP contribution < -0.4 is 19.5 Å². The molecule has 0 spiro atoms. The van der Waals surface area contributed by atoms with E-state index in [9.17, 15) is 13.8 Å². The number of ether oxygens (including phenoxy) is 2. The zero-order valence-electron chi connectivity index (χ0n) is 19.8. The van der Waals surface area contributed by atoms with Crippen molar-refractivity contribution in [2.24, 2.45) is 5.92 Å². The van der Waals surface area contributed by atoms with Gasteiger partial charge in [-0.3, -0.25) is 19.3 Å². The van der Waals surface area contributed by atoms with Gasteiger partial charge in [-0.25, -0.2) is 9.19 Å². The maximum atomic E-state index is 12.9. The average Bonchev–Trinajstić information content (AvgIpc) is 3.22. The quantitative estimate of drug-likeness (QED) is 0.411. The highest BCUT2D eigenvalue weighted by molar-refractivity contribution is 7.86. The van der Waals surface area contributed by atoms with Gasteiger partial charge in [0.25, 0.3) is 0 Å². The summed E-state index contributed by atoms with van der Waals surface area (Å²) in [5, 5.41) is 4.16. The molecular weight excluding hydrogens is 468 g/mol. The number of carbonyl (C=O) groups is 2. The molecule has 4 rings (SSSR count). The number of aromatic nitrogens is 2. The van der Waals surface area contributed by atoms with Gasteiger partial charge in [-0.2, -0.15) is 0 Å². The lowest BCUT2D eigenvalue weighted by Crippen LogP contribution is -2.34. The van der Waals surface area contributed by atoms with Crippen LogP contribution in [0.2, 0.25) is 0 Å². The molecule has 1 aromatic carbocycles. The number of hydrogen-bond acceptors (Lipinski definition) is 7. The van der Waals surface area contributed by atoms with Crippen molar-refractivity contribution in [3.05, 3.63) is 48.4 Å². The molecular formula is C25H28N4O5S. The van der Waals surface area contributed by atoms with Crippen molar-refractivity contribution in [1.82, 2.24) is 15.3 Å². The molecule has 3 aromatic rings. The van der Waals surface area contributed by atoms with Crippen LogP contribution in [-0.2, 0) is 15.8 Å². The Morgan fingerprint density at radius 3 is 2.80 bits per heavy atom. The lowest BCUT2D eigenvalue weighted by atomic mass is 9.98. The summed E-state index contributed by atoms with van der Waals surface area (Å²) in [6, 6.07) is 6.68. The van der Waals surface area contributed by atoms with Crippen molar-refractivity contribution in [3.8, 4) is 11.6 Å². The van der Waals surface area contributed by atoms with Crippen molar-refractivity contribution in [2.75, 3.05) is 11.3 Å². The molecule has 0 radical (unpaired) electrons. The molecule has 1 fully saturated rings. The van der Waals surface area contributed by atoms with Gasteiger partial charge < -0.3 is 14.8 Å². The second kappa shape index (κ2) is 10.8. The summed E-state index contributed by atoms with van der Waals surface area (Å²) < 4.78 is 27.8. The van der Waals surface area contributed by atoms with Gasteiger partial charge >= 0.3 is 0 Å². The van der Waals surface area contributed by atoms with E-state index in [2.05, 4.69) is 20.0 Å². The Morgan fingerprint density at radius 2 is 2.11 bits per heavy atom. The van der Waals surface area contributed by atoms with E-state index in [0.717, 1.165) is 12.7 Å². The highest BCUT2D eigenvalue weighted by Crippen LogP contribution is 2.36. The van der Waals surface area contributed by atoms with E-state index >= 15 is 0 Å². The molecule has 3 unspecified atom stereocenters. The smallest absolute Gasteiger partial charge is 0.221 e. The van der Waals surface area contributed by atoms with Gasteiger partial charge in [0.15, 0.2) is 17.3 Å². The Hall–Kier alpha value is -3.53. The Balaban J connectivity index is 1.72. The SMILES string of the molecule is CCC1CC(=O)NC1COc1ncc(NS(=O)c2cccnc2)c2cc(C=O)c(OC(C)C)cc12. The summed E-state index contributed by atoms with van der Waals surface area (Å²) in [7, 11) is -1.60. The van der Waals surface area contributed by atoms with Crippen molar-refractivity contribution in [1.29, 1.82) is 0 Å². The van der Waals surface area contributed by atoms with Crippen molar-refractivity contribution in [3.63, 3.8) is 0 Å². The van der Waals surface area contributed by atoms with Crippen LogP contribution >= 0.6 is 0 Å². The number of amides is 1. The fourth-order valence-electron chi connectivity index (χ4n) is 4.06. The molecule has 0 saturated carbocycles. The minimum atomic E-state index is -1.60. The molecule has 1 aliphatic heterocycles. The fourth-order valence-corrected chi connectivity index (χ4v) is 4.90. The Kier molecular flexibility index (Phi) is 7.60. The number of rotatable bonds is 10. The van der Waals surface area contributed by atoms with E-state index < -0.39 is 11.0 Å². The lowest BCUT2D eigenvalue weighted by Gasteiger charge is -2.20. The third kappa shape index (κ3) is 5.59. The van der Waals surface area contributed by atoms with Crippen LogP contribution in [-0.4, -0.2) is 45.1 Å². The molecule has 3 heterocycles. The van der Waals surface area contributed by atoms with Crippen LogP contribution in [0.3, 0.4) is 0 Å². The molecule has 1 amide bonds. The minimum Gasteiger partial charge on any atom is -0.490 e. The number of nitrogens with one attached hydrogen (secondary N) is 2. The molecule has 3 atom stereocenters. The summed E-state index contributed by atoms with van der Waals surface area (Å²) in [4.78, 5) is 32.7. The molecule has 0 aliphatic carbocycles. The first-order valence-corrected chi connectivity index (χ1v) is 12.6. The molecule has 1 aliphatic rings. The van der Waals surface area contributed by atoms with Gasteiger partial charge in [0.05, 0.1) is 34.5 Å². The first kappa shape index (κ1) is 24.6. The summed E-state index contributed by atoms with van der Waals surface area (Å²) in [6.07, 6.45) is 6.55. The van der Waals surface area contributed by atoms with E-state index in [-0.39, 0.29) is 30.6 Å². The number of fused-ring (bicyclic) bond motifs is 1. The fraction of sp³-hybridized carbons (Fsp3) is 0.360.